The van der Waals surface area contributed by atoms with Crippen molar-refractivity contribution in [2.45, 2.75) is 20.8 Å². The van der Waals surface area contributed by atoms with Crippen LogP contribution in [0, 0.1) is 5.92 Å². The van der Waals surface area contributed by atoms with Crippen LogP contribution >= 0.6 is 0 Å². The van der Waals surface area contributed by atoms with Crippen molar-refractivity contribution in [2.75, 3.05) is 11.9 Å². The summed E-state index contributed by atoms with van der Waals surface area (Å²) in [7, 11) is 0. The quantitative estimate of drug-likeness (QED) is 0.837. The average molecular weight is 234 g/mol. The van der Waals surface area contributed by atoms with E-state index < -0.39 is 0 Å². The number of amides is 2. The maximum atomic E-state index is 11.9. The molecule has 0 aromatic heterocycles. The number of benzene rings is 1. The molecule has 2 amide bonds. The van der Waals surface area contributed by atoms with Crippen LogP contribution in [0.1, 0.15) is 31.1 Å². The van der Waals surface area contributed by atoms with Gasteiger partial charge >= 0.3 is 0 Å². The summed E-state index contributed by atoms with van der Waals surface area (Å²) in [5.41, 5.74) is 1.03. The van der Waals surface area contributed by atoms with Crippen molar-refractivity contribution in [3.8, 4) is 0 Å². The third-order valence-electron chi connectivity index (χ3n) is 2.15. The van der Waals surface area contributed by atoms with Crippen LogP contribution in [0.3, 0.4) is 0 Å². The van der Waals surface area contributed by atoms with E-state index in [1.54, 1.807) is 24.3 Å². The monoisotopic (exact) mass is 234 g/mol. The lowest BCUT2D eigenvalue weighted by molar-refractivity contribution is -0.114. The van der Waals surface area contributed by atoms with E-state index in [9.17, 15) is 9.59 Å². The largest absolute Gasteiger partial charge is 0.352 e. The second-order valence-electron chi connectivity index (χ2n) is 4.33. The van der Waals surface area contributed by atoms with Crippen molar-refractivity contribution in [2.24, 2.45) is 5.92 Å². The zero-order valence-corrected chi connectivity index (χ0v) is 10.4. The summed E-state index contributed by atoms with van der Waals surface area (Å²) >= 11 is 0. The van der Waals surface area contributed by atoms with Gasteiger partial charge in [-0.2, -0.15) is 0 Å². The molecule has 1 rings (SSSR count). The smallest absolute Gasteiger partial charge is 0.253 e. The fraction of sp³-hybridized carbons (Fsp3) is 0.385. The first-order chi connectivity index (χ1) is 8.00. The van der Waals surface area contributed by atoms with Crippen molar-refractivity contribution in [3.05, 3.63) is 29.8 Å². The van der Waals surface area contributed by atoms with Gasteiger partial charge < -0.3 is 10.6 Å². The van der Waals surface area contributed by atoms with E-state index in [1.807, 2.05) is 13.8 Å². The summed E-state index contributed by atoms with van der Waals surface area (Å²) in [6, 6.07) is 6.97. The Morgan fingerprint density at radius 3 is 2.47 bits per heavy atom. The van der Waals surface area contributed by atoms with Gasteiger partial charge in [-0.15, -0.1) is 0 Å². The number of carbonyl (C=O) groups excluding carboxylic acids is 2. The molecule has 92 valence electrons. The molecule has 0 bridgehead atoms. The van der Waals surface area contributed by atoms with E-state index in [0.717, 1.165) is 0 Å². The van der Waals surface area contributed by atoms with Gasteiger partial charge in [-0.05, 0) is 18.1 Å². The Morgan fingerprint density at radius 2 is 1.88 bits per heavy atom. The highest BCUT2D eigenvalue weighted by atomic mass is 16.2. The predicted octanol–water partition coefficient (Wildman–Crippen LogP) is 2.03. The maximum Gasteiger partial charge on any atom is 0.253 e. The molecule has 17 heavy (non-hydrogen) atoms. The Balaban J connectivity index is 2.81. The Kier molecular flexibility index (Phi) is 4.69. The van der Waals surface area contributed by atoms with Crippen LogP contribution in [0.25, 0.3) is 0 Å². The number of hydrogen-bond acceptors (Lipinski definition) is 2. The summed E-state index contributed by atoms with van der Waals surface area (Å²) < 4.78 is 0. The van der Waals surface area contributed by atoms with E-state index in [1.165, 1.54) is 6.92 Å². The lowest BCUT2D eigenvalue weighted by Crippen LogP contribution is -2.28. The molecular formula is C13H18N2O2. The van der Waals surface area contributed by atoms with Crippen molar-refractivity contribution in [1.82, 2.24) is 5.32 Å². The highest BCUT2D eigenvalue weighted by molar-refractivity contribution is 6.03. The minimum Gasteiger partial charge on any atom is -0.352 e. The normalized spacial score (nSPS) is 10.1. The first-order valence-electron chi connectivity index (χ1n) is 5.65. The average Bonchev–Trinajstić information content (AvgIpc) is 2.25. The maximum absolute atomic E-state index is 11.9. The molecule has 0 atom stereocenters. The van der Waals surface area contributed by atoms with Crippen LogP contribution in [0.2, 0.25) is 0 Å². The standard InChI is InChI=1S/C13H18N2O2/c1-9(2)8-14-13(17)11-6-4-5-7-12(11)15-10(3)16/h4-7,9H,8H2,1-3H3,(H,14,17)(H,15,16). The second kappa shape index (κ2) is 6.03. The van der Waals surface area contributed by atoms with E-state index >= 15 is 0 Å². The molecule has 1 aromatic rings. The summed E-state index contributed by atoms with van der Waals surface area (Å²) in [5.74, 6) is 0.0454. The minimum atomic E-state index is -0.186. The topological polar surface area (TPSA) is 58.2 Å². The highest BCUT2D eigenvalue weighted by Gasteiger charge is 2.11. The molecule has 0 saturated heterocycles. The second-order valence-corrected chi connectivity index (χ2v) is 4.33. The van der Waals surface area contributed by atoms with Gasteiger partial charge in [0, 0.05) is 13.5 Å². The zero-order chi connectivity index (χ0) is 12.8. The van der Waals surface area contributed by atoms with Crippen LogP contribution in [-0.2, 0) is 4.79 Å². The molecule has 4 nitrogen and oxygen atoms in total. The van der Waals surface area contributed by atoms with E-state index in [-0.39, 0.29) is 11.8 Å². The number of nitrogens with one attached hydrogen (secondary N) is 2. The van der Waals surface area contributed by atoms with Gasteiger partial charge in [0.25, 0.3) is 5.91 Å². The van der Waals surface area contributed by atoms with Crippen LogP contribution in [0.4, 0.5) is 5.69 Å². The molecule has 0 spiro atoms. The lowest BCUT2D eigenvalue weighted by Gasteiger charge is -2.11. The first-order valence-corrected chi connectivity index (χ1v) is 5.65. The molecule has 0 saturated carbocycles. The van der Waals surface area contributed by atoms with Crippen molar-refractivity contribution in [1.29, 1.82) is 0 Å². The van der Waals surface area contributed by atoms with Crippen molar-refractivity contribution >= 4 is 17.5 Å². The molecule has 0 unspecified atom stereocenters. The molecule has 0 heterocycles. The van der Waals surface area contributed by atoms with Crippen LogP contribution in [-0.4, -0.2) is 18.4 Å². The van der Waals surface area contributed by atoms with E-state index in [4.69, 9.17) is 0 Å². The zero-order valence-electron chi connectivity index (χ0n) is 10.4. The van der Waals surface area contributed by atoms with Gasteiger partial charge in [-0.25, -0.2) is 0 Å². The van der Waals surface area contributed by atoms with Gasteiger partial charge in [0.05, 0.1) is 11.3 Å². The Morgan fingerprint density at radius 1 is 1.24 bits per heavy atom. The summed E-state index contributed by atoms with van der Waals surface area (Å²) in [6.07, 6.45) is 0. The molecule has 2 N–H and O–H groups in total. The van der Waals surface area contributed by atoms with Gasteiger partial charge in [-0.1, -0.05) is 26.0 Å². The molecule has 0 fully saturated rings. The third-order valence-corrected chi connectivity index (χ3v) is 2.15. The summed E-state index contributed by atoms with van der Waals surface area (Å²) in [4.78, 5) is 22.9. The van der Waals surface area contributed by atoms with Crippen LogP contribution in [0.15, 0.2) is 24.3 Å². The van der Waals surface area contributed by atoms with E-state index in [0.29, 0.717) is 23.7 Å². The molecule has 0 radical (unpaired) electrons. The fourth-order valence-corrected chi connectivity index (χ4v) is 1.37. The molecule has 0 aliphatic rings. The third kappa shape index (κ3) is 4.26. The van der Waals surface area contributed by atoms with E-state index in [2.05, 4.69) is 10.6 Å². The molecular weight excluding hydrogens is 216 g/mol. The summed E-state index contributed by atoms with van der Waals surface area (Å²) in [6.45, 7) is 6.09. The van der Waals surface area contributed by atoms with Crippen LogP contribution in [0.5, 0.6) is 0 Å². The number of hydrogen-bond donors (Lipinski definition) is 2. The Bertz CT molecular complexity index is 414. The number of para-hydroxylation sites is 1. The Hall–Kier alpha value is -1.84. The minimum absolute atomic E-state index is 0.164. The fourth-order valence-electron chi connectivity index (χ4n) is 1.37. The number of rotatable bonds is 4. The number of carbonyl (C=O) groups is 2. The van der Waals surface area contributed by atoms with Gasteiger partial charge in [0.2, 0.25) is 5.91 Å². The van der Waals surface area contributed by atoms with Gasteiger partial charge in [0.1, 0.15) is 0 Å². The molecule has 4 heteroatoms. The lowest BCUT2D eigenvalue weighted by atomic mass is 10.1. The first kappa shape index (κ1) is 13.2. The predicted molar refractivity (Wildman–Crippen MR) is 67.9 cm³/mol. The number of anilines is 1. The highest BCUT2D eigenvalue weighted by Crippen LogP contribution is 2.14. The molecule has 0 aliphatic carbocycles. The van der Waals surface area contributed by atoms with Crippen molar-refractivity contribution < 1.29 is 9.59 Å². The molecule has 0 aliphatic heterocycles. The summed E-state index contributed by atoms with van der Waals surface area (Å²) in [5, 5.41) is 5.46. The SMILES string of the molecule is CC(=O)Nc1ccccc1C(=O)NCC(C)C. The van der Waals surface area contributed by atoms with Crippen molar-refractivity contribution in [3.63, 3.8) is 0 Å². The van der Waals surface area contributed by atoms with Gasteiger partial charge in [-0.3, -0.25) is 9.59 Å². The Labute approximate surface area is 101 Å². The van der Waals surface area contributed by atoms with Crippen LogP contribution < -0.4 is 10.6 Å². The van der Waals surface area contributed by atoms with Gasteiger partial charge in [0.15, 0.2) is 0 Å². The molecule has 1 aromatic carbocycles.